The van der Waals surface area contributed by atoms with Gasteiger partial charge in [0, 0.05) is 6.08 Å². The van der Waals surface area contributed by atoms with Crippen molar-refractivity contribution in [2.45, 2.75) is 0 Å². The van der Waals surface area contributed by atoms with E-state index in [2.05, 4.69) is 0 Å². The Hall–Kier alpha value is -1.10. The Balaban J connectivity index is 3.79. The molecule has 2 heteroatoms. The van der Waals surface area contributed by atoms with E-state index in [1.807, 2.05) is 5.73 Å². The molecular formula is C4H2O2. The summed E-state index contributed by atoms with van der Waals surface area (Å²) in [7, 11) is 0. The Bertz CT molecular complexity index is 114. The van der Waals surface area contributed by atoms with Crippen molar-refractivity contribution in [1.29, 1.82) is 0 Å². The molecule has 0 N–H and O–H groups in total. The lowest BCUT2D eigenvalue weighted by molar-refractivity contribution is -0.104. The SMILES string of the molecule is O=C=C=CC=O. The molecule has 0 saturated heterocycles. The highest BCUT2D eigenvalue weighted by Gasteiger charge is 1.48. The molecule has 0 radical (unpaired) electrons. The first-order valence-electron chi connectivity index (χ1n) is 1.31. The van der Waals surface area contributed by atoms with E-state index in [1.165, 1.54) is 5.94 Å². The van der Waals surface area contributed by atoms with Crippen LogP contribution in [0.25, 0.3) is 0 Å². The second-order valence-corrected chi connectivity index (χ2v) is 0.549. The summed E-state index contributed by atoms with van der Waals surface area (Å²) >= 11 is 0. The number of hydrogen-bond donors (Lipinski definition) is 0. The highest BCUT2D eigenvalue weighted by molar-refractivity contribution is 5.67. The fourth-order valence-corrected chi connectivity index (χ4v) is 0.0680. The first-order chi connectivity index (χ1) is 2.91. The molecular weight excluding hydrogens is 80.0 g/mol. The normalized spacial score (nSPS) is 4.67. The third-order valence-electron chi connectivity index (χ3n) is 0.210. The van der Waals surface area contributed by atoms with Gasteiger partial charge in [-0.25, -0.2) is 4.79 Å². The van der Waals surface area contributed by atoms with Crippen LogP contribution in [0.15, 0.2) is 11.8 Å². The summed E-state index contributed by atoms with van der Waals surface area (Å²) in [5.41, 5.74) is 1.90. The molecule has 0 aromatic carbocycles. The zero-order valence-electron chi connectivity index (χ0n) is 2.97. The van der Waals surface area contributed by atoms with Crippen molar-refractivity contribution in [2.24, 2.45) is 0 Å². The lowest BCUT2D eigenvalue weighted by atomic mass is 10.7. The van der Waals surface area contributed by atoms with E-state index in [9.17, 15) is 4.79 Å². The number of aldehydes is 1. The molecule has 0 bridgehead atoms. The lowest BCUT2D eigenvalue weighted by Crippen LogP contribution is -1.50. The van der Waals surface area contributed by atoms with E-state index in [1.54, 1.807) is 0 Å². The van der Waals surface area contributed by atoms with Crippen molar-refractivity contribution >= 4 is 12.2 Å². The third-order valence-corrected chi connectivity index (χ3v) is 0.210. The van der Waals surface area contributed by atoms with Crippen LogP contribution in [0, 0.1) is 0 Å². The Kier molecular flexibility index (Phi) is 3.19. The monoisotopic (exact) mass is 82.0 g/mol. The maximum absolute atomic E-state index is 9.27. The Morgan fingerprint density at radius 2 is 2.17 bits per heavy atom. The molecule has 6 heavy (non-hydrogen) atoms. The van der Waals surface area contributed by atoms with Gasteiger partial charge in [-0.3, -0.25) is 4.79 Å². The molecule has 0 rings (SSSR count). The summed E-state index contributed by atoms with van der Waals surface area (Å²) in [4.78, 5) is 18.4. The molecule has 0 saturated carbocycles. The second kappa shape index (κ2) is 3.90. The number of carbonyl (C=O) groups is 1. The van der Waals surface area contributed by atoms with Gasteiger partial charge in [0.2, 0.25) is 0 Å². The Morgan fingerprint density at radius 1 is 1.50 bits per heavy atom. The van der Waals surface area contributed by atoms with Crippen LogP contribution in [-0.2, 0) is 9.59 Å². The highest BCUT2D eigenvalue weighted by Crippen LogP contribution is 1.43. The van der Waals surface area contributed by atoms with Crippen LogP contribution in [0.3, 0.4) is 0 Å². The summed E-state index contributed by atoms with van der Waals surface area (Å²) in [5.74, 6) is 1.28. The van der Waals surface area contributed by atoms with E-state index in [-0.39, 0.29) is 0 Å². The molecule has 2 nitrogen and oxygen atoms in total. The molecule has 0 aliphatic carbocycles. The summed E-state index contributed by atoms with van der Waals surface area (Å²) in [6, 6.07) is 0. The largest absolute Gasteiger partial charge is 0.298 e. The molecule has 0 heterocycles. The van der Waals surface area contributed by atoms with Crippen LogP contribution in [0.5, 0.6) is 0 Å². The van der Waals surface area contributed by atoms with Gasteiger partial charge in [-0.05, 0) is 5.73 Å². The van der Waals surface area contributed by atoms with Crippen LogP contribution in [0.4, 0.5) is 0 Å². The predicted molar refractivity (Wildman–Crippen MR) is 19.8 cm³/mol. The Labute approximate surface area is 34.8 Å². The van der Waals surface area contributed by atoms with Gasteiger partial charge >= 0.3 is 0 Å². The zero-order chi connectivity index (χ0) is 4.83. The molecule has 0 unspecified atom stereocenters. The predicted octanol–water partition coefficient (Wildman–Crippen LogP) is -0.272. The van der Waals surface area contributed by atoms with Gasteiger partial charge < -0.3 is 0 Å². The van der Waals surface area contributed by atoms with Crippen LogP contribution in [-0.4, -0.2) is 12.2 Å². The number of allylic oxidation sites excluding steroid dienone is 1. The van der Waals surface area contributed by atoms with Crippen molar-refractivity contribution in [1.82, 2.24) is 0 Å². The fourth-order valence-electron chi connectivity index (χ4n) is 0.0680. The van der Waals surface area contributed by atoms with Crippen LogP contribution in [0.2, 0.25) is 0 Å². The van der Waals surface area contributed by atoms with E-state index in [4.69, 9.17) is 4.79 Å². The van der Waals surface area contributed by atoms with Crippen molar-refractivity contribution < 1.29 is 9.59 Å². The van der Waals surface area contributed by atoms with Crippen molar-refractivity contribution in [3.8, 4) is 0 Å². The molecule has 0 aromatic heterocycles. The minimum atomic E-state index is 0.463. The minimum Gasteiger partial charge on any atom is -0.298 e. The van der Waals surface area contributed by atoms with Gasteiger partial charge in [-0.1, -0.05) is 0 Å². The van der Waals surface area contributed by atoms with Crippen LogP contribution >= 0.6 is 0 Å². The van der Waals surface area contributed by atoms with Crippen LogP contribution in [0.1, 0.15) is 0 Å². The quantitative estimate of drug-likeness (QED) is 0.189. The standard InChI is InChI=1S/C4H2O2/c5-3-1-2-4-6/h1,3H. The molecule has 0 aromatic rings. The average molecular weight is 82.1 g/mol. The number of hydrogen-bond acceptors (Lipinski definition) is 2. The summed E-state index contributed by atoms with van der Waals surface area (Å²) in [6.07, 6.45) is 1.41. The van der Waals surface area contributed by atoms with E-state index >= 15 is 0 Å². The summed E-state index contributed by atoms with van der Waals surface area (Å²) in [5, 5.41) is 0. The van der Waals surface area contributed by atoms with Gasteiger partial charge in [-0.2, -0.15) is 0 Å². The molecule has 0 amide bonds. The molecule has 0 spiro atoms. The third kappa shape index (κ3) is 2.90. The van der Waals surface area contributed by atoms with Gasteiger partial charge in [-0.15, -0.1) is 0 Å². The highest BCUT2D eigenvalue weighted by atomic mass is 16.1. The first kappa shape index (κ1) is 4.90. The molecule has 0 aliphatic heterocycles. The Morgan fingerprint density at radius 3 is 2.33 bits per heavy atom. The zero-order valence-corrected chi connectivity index (χ0v) is 2.97. The maximum Gasteiger partial charge on any atom is 0.177 e. The van der Waals surface area contributed by atoms with Gasteiger partial charge in [0.25, 0.3) is 0 Å². The minimum absolute atomic E-state index is 0.463. The molecule has 30 valence electrons. The molecule has 0 atom stereocenters. The topological polar surface area (TPSA) is 34.1 Å². The first-order valence-corrected chi connectivity index (χ1v) is 1.31. The average Bonchev–Trinajstić information content (AvgIpc) is 1.61. The van der Waals surface area contributed by atoms with Gasteiger partial charge in [0.05, 0.1) is 0 Å². The fraction of sp³-hybridized carbons (Fsp3) is 0. The smallest absolute Gasteiger partial charge is 0.177 e. The van der Waals surface area contributed by atoms with E-state index in [0.29, 0.717) is 6.29 Å². The molecule has 0 aliphatic rings. The second-order valence-electron chi connectivity index (χ2n) is 0.549. The lowest BCUT2D eigenvalue weighted by Gasteiger charge is -1.40. The van der Waals surface area contributed by atoms with E-state index in [0.717, 1.165) is 6.08 Å². The summed E-state index contributed by atoms with van der Waals surface area (Å²) in [6.45, 7) is 0. The van der Waals surface area contributed by atoms with Crippen LogP contribution < -0.4 is 0 Å². The summed E-state index contributed by atoms with van der Waals surface area (Å²) < 4.78 is 0. The van der Waals surface area contributed by atoms with Gasteiger partial charge in [0.1, 0.15) is 0 Å². The van der Waals surface area contributed by atoms with Gasteiger partial charge in [0.15, 0.2) is 12.2 Å². The van der Waals surface area contributed by atoms with Crippen molar-refractivity contribution in [3.63, 3.8) is 0 Å². The number of rotatable bonds is 1. The number of carbonyl (C=O) groups excluding carboxylic acids is 2. The van der Waals surface area contributed by atoms with Crippen molar-refractivity contribution in [2.75, 3.05) is 0 Å². The maximum atomic E-state index is 9.27. The molecule has 0 fully saturated rings. The van der Waals surface area contributed by atoms with Crippen molar-refractivity contribution in [3.05, 3.63) is 11.8 Å². The van der Waals surface area contributed by atoms with E-state index < -0.39 is 0 Å².